The fourth-order valence-corrected chi connectivity index (χ4v) is 2.26. The molecule has 1 heterocycles. The molecular formula is C11H15N3OS. The molecule has 4 nitrogen and oxygen atoms in total. The molecule has 0 aliphatic rings. The summed E-state index contributed by atoms with van der Waals surface area (Å²) in [6, 6.07) is 3.79. The van der Waals surface area contributed by atoms with Gasteiger partial charge in [0.25, 0.3) is 5.91 Å². The molecular weight excluding hydrogens is 222 g/mol. The Balaban J connectivity index is 2.75. The number of anilines is 1. The van der Waals surface area contributed by atoms with Crippen molar-refractivity contribution in [2.75, 3.05) is 19.3 Å². The molecule has 1 amide bonds. The van der Waals surface area contributed by atoms with Gasteiger partial charge in [-0.05, 0) is 19.9 Å². The van der Waals surface area contributed by atoms with Gasteiger partial charge in [-0.1, -0.05) is 0 Å². The first-order chi connectivity index (χ1) is 7.45. The zero-order valence-corrected chi connectivity index (χ0v) is 10.5. The predicted octanol–water partition coefficient (Wildman–Crippen LogP) is 1.87. The highest BCUT2D eigenvalue weighted by Gasteiger charge is 2.17. The lowest BCUT2D eigenvalue weighted by atomic mass is 10.2. The monoisotopic (exact) mass is 237 g/mol. The van der Waals surface area contributed by atoms with Crippen LogP contribution in [0.4, 0.5) is 5.69 Å². The molecule has 86 valence electrons. The maximum atomic E-state index is 11.9. The number of amides is 1. The predicted molar refractivity (Wildman–Crippen MR) is 65.2 cm³/mol. The fourth-order valence-electron chi connectivity index (χ4n) is 1.32. The highest BCUT2D eigenvalue weighted by atomic mass is 32.1. The van der Waals surface area contributed by atoms with Gasteiger partial charge in [-0.3, -0.25) is 4.79 Å². The normalized spacial score (nSPS) is 11.9. The lowest BCUT2D eigenvalue weighted by molar-refractivity contribution is 0.0790. The topological polar surface area (TPSA) is 70.1 Å². The van der Waals surface area contributed by atoms with E-state index in [1.807, 2.05) is 6.92 Å². The number of carbonyl (C=O) groups excluding carboxylic acids is 1. The highest BCUT2D eigenvalue weighted by Crippen LogP contribution is 2.24. The van der Waals surface area contributed by atoms with Crippen LogP contribution in [0.5, 0.6) is 0 Å². The number of nitrogen functional groups attached to an aromatic ring is 1. The molecule has 0 aliphatic heterocycles. The Hall–Kier alpha value is -1.54. The van der Waals surface area contributed by atoms with Crippen molar-refractivity contribution in [2.45, 2.75) is 13.8 Å². The van der Waals surface area contributed by atoms with E-state index < -0.39 is 0 Å². The molecule has 0 aliphatic carbocycles. The summed E-state index contributed by atoms with van der Waals surface area (Å²) in [5, 5.41) is 8.68. The molecule has 0 fully saturated rings. The Morgan fingerprint density at radius 2 is 2.38 bits per heavy atom. The van der Waals surface area contributed by atoms with Crippen LogP contribution in [0.25, 0.3) is 0 Å². The number of thiophene rings is 1. The Morgan fingerprint density at radius 3 is 2.81 bits per heavy atom. The molecule has 1 rings (SSSR count). The first kappa shape index (κ1) is 12.5. The summed E-state index contributed by atoms with van der Waals surface area (Å²) in [7, 11) is 1.70. The summed E-state index contributed by atoms with van der Waals surface area (Å²) in [6.45, 7) is 4.11. The lowest BCUT2D eigenvalue weighted by Gasteiger charge is -2.17. The van der Waals surface area contributed by atoms with Crippen molar-refractivity contribution in [3.63, 3.8) is 0 Å². The van der Waals surface area contributed by atoms with Crippen molar-refractivity contribution in [3.05, 3.63) is 15.8 Å². The van der Waals surface area contributed by atoms with Crippen LogP contribution >= 0.6 is 11.3 Å². The van der Waals surface area contributed by atoms with Crippen molar-refractivity contribution in [1.29, 1.82) is 5.26 Å². The van der Waals surface area contributed by atoms with E-state index >= 15 is 0 Å². The maximum Gasteiger partial charge on any atom is 0.263 e. The summed E-state index contributed by atoms with van der Waals surface area (Å²) in [5.41, 5.74) is 6.34. The van der Waals surface area contributed by atoms with E-state index in [1.165, 1.54) is 11.3 Å². The van der Waals surface area contributed by atoms with Crippen LogP contribution in [-0.4, -0.2) is 24.4 Å². The maximum absolute atomic E-state index is 11.9. The van der Waals surface area contributed by atoms with Crippen LogP contribution in [-0.2, 0) is 0 Å². The van der Waals surface area contributed by atoms with E-state index in [4.69, 9.17) is 11.0 Å². The summed E-state index contributed by atoms with van der Waals surface area (Å²) < 4.78 is 0. The molecule has 0 spiro atoms. The molecule has 0 bridgehead atoms. The zero-order valence-electron chi connectivity index (χ0n) is 9.65. The van der Waals surface area contributed by atoms with Crippen LogP contribution in [0, 0.1) is 24.2 Å². The first-order valence-electron chi connectivity index (χ1n) is 4.96. The fraction of sp³-hybridized carbons (Fsp3) is 0.455. The number of nitriles is 1. The van der Waals surface area contributed by atoms with E-state index in [0.717, 1.165) is 4.88 Å². The number of carbonyl (C=O) groups is 1. The SMILES string of the molecule is Cc1sc(C(=O)N(C)CC(C)C#N)cc1N. The second kappa shape index (κ2) is 4.99. The molecule has 2 N–H and O–H groups in total. The van der Waals surface area contributed by atoms with Crippen molar-refractivity contribution >= 4 is 22.9 Å². The largest absolute Gasteiger partial charge is 0.398 e. The van der Waals surface area contributed by atoms with Crippen LogP contribution < -0.4 is 5.73 Å². The summed E-state index contributed by atoms with van der Waals surface area (Å²) in [4.78, 5) is 15.1. The Morgan fingerprint density at radius 1 is 1.75 bits per heavy atom. The van der Waals surface area contributed by atoms with E-state index in [9.17, 15) is 4.79 Å². The van der Waals surface area contributed by atoms with E-state index in [1.54, 1.807) is 24.9 Å². The smallest absolute Gasteiger partial charge is 0.263 e. The van der Waals surface area contributed by atoms with Gasteiger partial charge in [-0.25, -0.2) is 0 Å². The van der Waals surface area contributed by atoms with Gasteiger partial charge < -0.3 is 10.6 Å². The van der Waals surface area contributed by atoms with Gasteiger partial charge in [-0.15, -0.1) is 11.3 Å². The van der Waals surface area contributed by atoms with Crippen molar-refractivity contribution < 1.29 is 4.79 Å². The number of nitrogens with two attached hydrogens (primary N) is 1. The lowest BCUT2D eigenvalue weighted by Crippen LogP contribution is -2.30. The number of rotatable bonds is 3. The standard InChI is InChI=1S/C11H15N3OS/c1-7(5-12)6-14(3)11(15)10-4-9(13)8(2)16-10/h4,7H,6,13H2,1-3H3. The quantitative estimate of drug-likeness (QED) is 0.872. The number of hydrogen-bond donors (Lipinski definition) is 1. The molecule has 0 saturated heterocycles. The molecule has 0 radical (unpaired) electrons. The van der Waals surface area contributed by atoms with Gasteiger partial charge in [0, 0.05) is 24.2 Å². The van der Waals surface area contributed by atoms with Crippen molar-refractivity contribution in [1.82, 2.24) is 4.90 Å². The molecule has 16 heavy (non-hydrogen) atoms. The van der Waals surface area contributed by atoms with Crippen LogP contribution in [0.15, 0.2) is 6.07 Å². The molecule has 1 unspecified atom stereocenters. The van der Waals surface area contributed by atoms with Gasteiger partial charge >= 0.3 is 0 Å². The highest BCUT2D eigenvalue weighted by molar-refractivity contribution is 7.14. The second-order valence-corrected chi connectivity index (χ2v) is 5.09. The van der Waals surface area contributed by atoms with E-state index in [2.05, 4.69) is 6.07 Å². The minimum atomic E-state index is -0.160. The summed E-state index contributed by atoms with van der Waals surface area (Å²) in [5.74, 6) is -0.237. The van der Waals surface area contributed by atoms with Gasteiger partial charge in [0.2, 0.25) is 0 Å². The average Bonchev–Trinajstić information content (AvgIpc) is 2.57. The van der Waals surface area contributed by atoms with Crippen molar-refractivity contribution in [2.24, 2.45) is 5.92 Å². The Kier molecular flexibility index (Phi) is 3.91. The molecule has 1 atom stereocenters. The average molecular weight is 237 g/mol. The van der Waals surface area contributed by atoms with Gasteiger partial charge in [-0.2, -0.15) is 5.26 Å². The molecule has 1 aromatic heterocycles. The van der Waals surface area contributed by atoms with Gasteiger partial charge in [0.05, 0.1) is 16.9 Å². The second-order valence-electron chi connectivity index (χ2n) is 3.84. The van der Waals surface area contributed by atoms with E-state index in [0.29, 0.717) is 17.1 Å². The van der Waals surface area contributed by atoms with Crippen LogP contribution in [0.2, 0.25) is 0 Å². The third-order valence-corrected chi connectivity index (χ3v) is 3.34. The summed E-state index contributed by atoms with van der Waals surface area (Å²) >= 11 is 1.39. The molecule has 5 heteroatoms. The minimum Gasteiger partial charge on any atom is -0.398 e. The van der Waals surface area contributed by atoms with Crippen molar-refractivity contribution in [3.8, 4) is 6.07 Å². The Labute approximate surface area is 99.3 Å². The number of aryl methyl sites for hydroxylation is 1. The summed E-state index contributed by atoms with van der Waals surface area (Å²) in [6.07, 6.45) is 0. The van der Waals surface area contributed by atoms with E-state index in [-0.39, 0.29) is 11.8 Å². The first-order valence-corrected chi connectivity index (χ1v) is 5.78. The third-order valence-electron chi connectivity index (χ3n) is 2.28. The molecule has 0 saturated carbocycles. The number of nitrogens with zero attached hydrogens (tertiary/aromatic N) is 2. The number of hydrogen-bond acceptors (Lipinski definition) is 4. The van der Waals surface area contributed by atoms with Gasteiger partial charge in [0.15, 0.2) is 0 Å². The molecule has 1 aromatic rings. The van der Waals surface area contributed by atoms with Crippen LogP contribution in [0.3, 0.4) is 0 Å². The minimum absolute atomic E-state index is 0.0769. The Bertz CT molecular complexity index is 413. The zero-order chi connectivity index (χ0) is 12.3. The molecule has 0 aromatic carbocycles. The third kappa shape index (κ3) is 2.74. The van der Waals surface area contributed by atoms with Gasteiger partial charge in [0.1, 0.15) is 0 Å². The van der Waals surface area contributed by atoms with Crippen LogP contribution in [0.1, 0.15) is 21.5 Å².